The zero-order chi connectivity index (χ0) is 26.5. The van der Waals surface area contributed by atoms with Crippen LogP contribution in [0.15, 0.2) is 83.8 Å². The molecule has 1 N–H and O–H groups in total. The molecule has 1 aliphatic heterocycles. The molecule has 0 unspecified atom stereocenters. The molecular formula is C31H34N2O4S. The van der Waals surface area contributed by atoms with Crippen molar-refractivity contribution in [1.82, 2.24) is 5.32 Å². The third kappa shape index (κ3) is 5.95. The standard InChI is InChI=1S/C31H34N2O4S/c1-3-4-21-36-27-12-16-30-24(22-27)7-15-29(23-5-13-28(14-6-23)38(2,34)35)31(30)37-26-10-8-25(9-11-26)33-19-17-32-18-20-33/h5-16,22,32H,3-4,17-21H2,1-2H3. The molecule has 1 fully saturated rings. The fourth-order valence-electron chi connectivity index (χ4n) is 4.69. The Bertz CT molecular complexity index is 1490. The molecule has 0 atom stereocenters. The van der Waals surface area contributed by atoms with E-state index < -0.39 is 9.84 Å². The van der Waals surface area contributed by atoms with Crippen LogP contribution in [0.5, 0.6) is 17.2 Å². The van der Waals surface area contributed by atoms with Crippen molar-refractivity contribution in [2.24, 2.45) is 0 Å². The predicted molar refractivity (Wildman–Crippen MR) is 154 cm³/mol. The number of hydrogen-bond donors (Lipinski definition) is 1. The summed E-state index contributed by atoms with van der Waals surface area (Å²) in [6.45, 7) is 6.78. The van der Waals surface area contributed by atoms with Gasteiger partial charge in [0.25, 0.3) is 0 Å². The lowest BCUT2D eigenvalue weighted by atomic mass is 9.99. The number of piperazine rings is 1. The number of hydrogen-bond acceptors (Lipinski definition) is 6. The van der Waals surface area contributed by atoms with Gasteiger partial charge in [-0.3, -0.25) is 0 Å². The van der Waals surface area contributed by atoms with Gasteiger partial charge in [0.15, 0.2) is 9.84 Å². The number of unbranched alkanes of at least 4 members (excludes halogenated alkanes) is 1. The maximum atomic E-state index is 12.0. The predicted octanol–water partition coefficient (Wildman–Crippen LogP) is 6.29. The molecule has 0 aromatic heterocycles. The third-order valence-corrected chi connectivity index (χ3v) is 7.97. The summed E-state index contributed by atoms with van der Waals surface area (Å²) in [6.07, 6.45) is 3.32. The van der Waals surface area contributed by atoms with Crippen molar-refractivity contribution >= 4 is 26.3 Å². The first-order valence-corrected chi connectivity index (χ1v) is 15.0. The van der Waals surface area contributed by atoms with E-state index in [1.165, 1.54) is 11.9 Å². The highest BCUT2D eigenvalue weighted by Crippen LogP contribution is 2.41. The first-order valence-electron chi connectivity index (χ1n) is 13.2. The van der Waals surface area contributed by atoms with Gasteiger partial charge in [-0.05, 0) is 78.0 Å². The molecule has 0 bridgehead atoms. The van der Waals surface area contributed by atoms with E-state index in [0.717, 1.165) is 78.2 Å². The largest absolute Gasteiger partial charge is 0.494 e. The Balaban J connectivity index is 1.52. The lowest BCUT2D eigenvalue weighted by molar-refractivity contribution is 0.310. The molecule has 0 saturated carbocycles. The summed E-state index contributed by atoms with van der Waals surface area (Å²) < 4.78 is 36.5. The second kappa shape index (κ2) is 11.5. The number of nitrogens with zero attached hydrogens (tertiary/aromatic N) is 1. The average Bonchev–Trinajstić information content (AvgIpc) is 2.94. The van der Waals surface area contributed by atoms with Crippen LogP contribution in [0.25, 0.3) is 21.9 Å². The molecule has 5 rings (SSSR count). The minimum atomic E-state index is -3.28. The van der Waals surface area contributed by atoms with Gasteiger partial charge < -0.3 is 19.7 Å². The van der Waals surface area contributed by atoms with Gasteiger partial charge >= 0.3 is 0 Å². The molecule has 0 spiro atoms. The maximum absolute atomic E-state index is 12.0. The zero-order valence-electron chi connectivity index (χ0n) is 21.9. The topological polar surface area (TPSA) is 67.9 Å². The Morgan fingerprint density at radius 3 is 2.26 bits per heavy atom. The van der Waals surface area contributed by atoms with Crippen molar-refractivity contribution in [2.75, 3.05) is 43.9 Å². The number of anilines is 1. The summed E-state index contributed by atoms with van der Waals surface area (Å²) in [6, 6.07) is 25.3. The Morgan fingerprint density at radius 1 is 0.868 bits per heavy atom. The zero-order valence-corrected chi connectivity index (χ0v) is 22.8. The first-order chi connectivity index (χ1) is 18.4. The number of sulfone groups is 1. The van der Waals surface area contributed by atoms with Crippen molar-refractivity contribution in [3.63, 3.8) is 0 Å². The molecular weight excluding hydrogens is 496 g/mol. The van der Waals surface area contributed by atoms with Gasteiger partial charge in [0, 0.05) is 49.1 Å². The van der Waals surface area contributed by atoms with E-state index in [1.807, 2.05) is 48.5 Å². The van der Waals surface area contributed by atoms with Crippen LogP contribution in [0.3, 0.4) is 0 Å². The van der Waals surface area contributed by atoms with Crippen molar-refractivity contribution in [2.45, 2.75) is 24.7 Å². The lowest BCUT2D eigenvalue weighted by Gasteiger charge is -2.29. The second-order valence-corrected chi connectivity index (χ2v) is 11.7. The summed E-state index contributed by atoms with van der Waals surface area (Å²) in [5.74, 6) is 2.31. The van der Waals surface area contributed by atoms with Crippen molar-refractivity contribution in [3.05, 3.63) is 78.9 Å². The second-order valence-electron chi connectivity index (χ2n) is 9.66. The molecule has 1 aliphatic rings. The average molecular weight is 531 g/mol. The van der Waals surface area contributed by atoms with Crippen LogP contribution < -0.4 is 19.7 Å². The molecule has 0 radical (unpaired) electrons. The van der Waals surface area contributed by atoms with E-state index in [9.17, 15) is 8.42 Å². The fraction of sp³-hybridized carbons (Fsp3) is 0.290. The van der Waals surface area contributed by atoms with Crippen LogP contribution in [0.1, 0.15) is 19.8 Å². The number of ether oxygens (including phenoxy) is 2. The van der Waals surface area contributed by atoms with Gasteiger partial charge in [0.1, 0.15) is 17.2 Å². The number of rotatable bonds is 9. The fourth-order valence-corrected chi connectivity index (χ4v) is 5.32. The summed E-state index contributed by atoms with van der Waals surface area (Å²) in [7, 11) is -3.28. The van der Waals surface area contributed by atoms with Crippen LogP contribution in [-0.2, 0) is 9.84 Å². The SMILES string of the molecule is CCCCOc1ccc2c(Oc3ccc(N4CCNCC4)cc3)c(-c3ccc(S(C)(=O)=O)cc3)ccc2c1. The Morgan fingerprint density at radius 2 is 1.58 bits per heavy atom. The highest BCUT2D eigenvalue weighted by molar-refractivity contribution is 7.90. The van der Waals surface area contributed by atoms with Gasteiger partial charge in [0.2, 0.25) is 0 Å². The molecule has 0 amide bonds. The summed E-state index contributed by atoms with van der Waals surface area (Å²) in [5, 5.41) is 5.37. The lowest BCUT2D eigenvalue weighted by Crippen LogP contribution is -2.43. The summed E-state index contributed by atoms with van der Waals surface area (Å²) >= 11 is 0. The van der Waals surface area contributed by atoms with Gasteiger partial charge in [-0.2, -0.15) is 0 Å². The molecule has 1 heterocycles. The number of benzene rings is 4. The van der Waals surface area contributed by atoms with Crippen molar-refractivity contribution in [1.29, 1.82) is 0 Å². The number of nitrogens with one attached hydrogen (secondary N) is 1. The van der Waals surface area contributed by atoms with Crippen LogP contribution >= 0.6 is 0 Å². The van der Waals surface area contributed by atoms with Gasteiger partial charge in [-0.1, -0.05) is 31.5 Å². The number of fused-ring (bicyclic) bond motifs is 1. The summed E-state index contributed by atoms with van der Waals surface area (Å²) in [5.41, 5.74) is 2.96. The minimum Gasteiger partial charge on any atom is -0.494 e. The Labute approximate surface area is 225 Å². The smallest absolute Gasteiger partial charge is 0.175 e. The van der Waals surface area contributed by atoms with Crippen LogP contribution in [-0.4, -0.2) is 47.5 Å². The molecule has 4 aromatic carbocycles. The Hall–Kier alpha value is -3.55. The van der Waals surface area contributed by atoms with Gasteiger partial charge in [-0.25, -0.2) is 8.42 Å². The van der Waals surface area contributed by atoms with E-state index in [0.29, 0.717) is 11.5 Å². The highest BCUT2D eigenvalue weighted by atomic mass is 32.2. The molecule has 6 nitrogen and oxygen atoms in total. The van der Waals surface area contributed by atoms with E-state index in [4.69, 9.17) is 9.47 Å². The first kappa shape index (κ1) is 26.1. The molecule has 0 aliphatic carbocycles. The normalized spacial score (nSPS) is 14.0. The van der Waals surface area contributed by atoms with E-state index in [1.54, 1.807) is 12.1 Å². The third-order valence-electron chi connectivity index (χ3n) is 6.84. The molecule has 198 valence electrons. The van der Waals surface area contributed by atoms with Crippen LogP contribution in [0.2, 0.25) is 0 Å². The molecule has 4 aromatic rings. The van der Waals surface area contributed by atoms with Crippen LogP contribution in [0, 0.1) is 0 Å². The monoisotopic (exact) mass is 530 g/mol. The highest BCUT2D eigenvalue weighted by Gasteiger charge is 2.16. The molecule has 38 heavy (non-hydrogen) atoms. The van der Waals surface area contributed by atoms with Crippen molar-refractivity contribution < 1.29 is 17.9 Å². The van der Waals surface area contributed by atoms with Gasteiger partial charge in [0.05, 0.1) is 11.5 Å². The van der Waals surface area contributed by atoms with Crippen LogP contribution in [0.4, 0.5) is 5.69 Å². The van der Waals surface area contributed by atoms with Gasteiger partial charge in [-0.15, -0.1) is 0 Å². The Kier molecular flexibility index (Phi) is 7.86. The molecule has 7 heteroatoms. The quantitative estimate of drug-likeness (QED) is 0.257. The van der Waals surface area contributed by atoms with E-state index in [-0.39, 0.29) is 0 Å². The minimum absolute atomic E-state index is 0.293. The van der Waals surface area contributed by atoms with Crippen molar-refractivity contribution in [3.8, 4) is 28.4 Å². The van der Waals surface area contributed by atoms with E-state index in [2.05, 4.69) is 35.3 Å². The summed E-state index contributed by atoms with van der Waals surface area (Å²) in [4.78, 5) is 2.66. The van der Waals surface area contributed by atoms with E-state index >= 15 is 0 Å². The maximum Gasteiger partial charge on any atom is 0.175 e. The molecule has 1 saturated heterocycles.